The summed E-state index contributed by atoms with van der Waals surface area (Å²) in [5.74, 6) is 2.49. The maximum Gasteiger partial charge on any atom is 0.132 e. The summed E-state index contributed by atoms with van der Waals surface area (Å²) in [7, 11) is 0. The normalized spacial score (nSPS) is 25.0. The lowest BCUT2D eigenvalue weighted by molar-refractivity contribution is -0.122. The Bertz CT molecular complexity index is 222. The summed E-state index contributed by atoms with van der Waals surface area (Å²) >= 11 is 0. The van der Waals surface area contributed by atoms with Crippen molar-refractivity contribution in [1.82, 2.24) is 0 Å². The van der Waals surface area contributed by atoms with Crippen molar-refractivity contribution in [3.8, 4) is 0 Å². The molecule has 0 saturated heterocycles. The fraction of sp³-hybridized carbons (Fsp3) is 0.857. The van der Waals surface area contributed by atoms with E-state index in [2.05, 4.69) is 0 Å². The van der Waals surface area contributed by atoms with Crippen LogP contribution >= 0.6 is 0 Å². The van der Waals surface area contributed by atoms with Crippen molar-refractivity contribution in [1.29, 1.82) is 0 Å². The SMILES string of the molecule is O=C1CCC(CCC2CCC(=O)CC2)CC1. The van der Waals surface area contributed by atoms with E-state index in [1.54, 1.807) is 0 Å². The van der Waals surface area contributed by atoms with E-state index in [4.69, 9.17) is 0 Å². The van der Waals surface area contributed by atoms with Crippen molar-refractivity contribution in [3.05, 3.63) is 0 Å². The molecule has 0 radical (unpaired) electrons. The highest BCUT2D eigenvalue weighted by Gasteiger charge is 2.22. The first-order chi connectivity index (χ1) is 7.74. The second kappa shape index (κ2) is 5.60. The minimum absolute atomic E-state index is 0.458. The predicted molar refractivity (Wildman–Crippen MR) is 63.2 cm³/mol. The third kappa shape index (κ3) is 3.43. The van der Waals surface area contributed by atoms with Crippen LogP contribution in [0.3, 0.4) is 0 Å². The van der Waals surface area contributed by atoms with Crippen LogP contribution in [0.25, 0.3) is 0 Å². The van der Waals surface area contributed by atoms with Crippen LogP contribution in [-0.2, 0) is 9.59 Å². The Labute approximate surface area is 97.8 Å². The van der Waals surface area contributed by atoms with E-state index in [9.17, 15) is 9.59 Å². The van der Waals surface area contributed by atoms with Crippen LogP contribution in [0.4, 0.5) is 0 Å². The van der Waals surface area contributed by atoms with E-state index >= 15 is 0 Å². The van der Waals surface area contributed by atoms with Crippen LogP contribution in [0.15, 0.2) is 0 Å². The van der Waals surface area contributed by atoms with Gasteiger partial charge in [-0.25, -0.2) is 0 Å². The topological polar surface area (TPSA) is 34.1 Å². The first kappa shape index (κ1) is 11.8. The average Bonchev–Trinajstić information content (AvgIpc) is 2.30. The van der Waals surface area contributed by atoms with Gasteiger partial charge in [-0.15, -0.1) is 0 Å². The molecule has 0 aromatic rings. The van der Waals surface area contributed by atoms with E-state index < -0.39 is 0 Å². The van der Waals surface area contributed by atoms with Gasteiger partial charge in [0, 0.05) is 25.7 Å². The van der Waals surface area contributed by atoms with Crippen molar-refractivity contribution in [2.45, 2.75) is 64.2 Å². The highest BCUT2D eigenvalue weighted by Crippen LogP contribution is 2.31. The fourth-order valence-corrected chi connectivity index (χ4v) is 3.05. The molecule has 2 rings (SSSR count). The van der Waals surface area contributed by atoms with Gasteiger partial charge in [0.25, 0.3) is 0 Å². The Kier molecular flexibility index (Phi) is 4.14. The van der Waals surface area contributed by atoms with Gasteiger partial charge < -0.3 is 0 Å². The molecule has 2 aliphatic carbocycles. The molecule has 2 heteroatoms. The molecule has 0 unspecified atom stereocenters. The first-order valence-electron chi connectivity index (χ1n) is 6.77. The van der Waals surface area contributed by atoms with Crippen LogP contribution in [-0.4, -0.2) is 11.6 Å². The minimum atomic E-state index is 0.458. The Hall–Kier alpha value is -0.660. The van der Waals surface area contributed by atoms with E-state index in [-0.39, 0.29) is 0 Å². The van der Waals surface area contributed by atoms with Gasteiger partial charge in [0.15, 0.2) is 0 Å². The van der Waals surface area contributed by atoms with Gasteiger partial charge >= 0.3 is 0 Å². The van der Waals surface area contributed by atoms with Crippen molar-refractivity contribution < 1.29 is 9.59 Å². The van der Waals surface area contributed by atoms with Gasteiger partial charge in [-0.2, -0.15) is 0 Å². The molecule has 0 N–H and O–H groups in total. The molecule has 2 saturated carbocycles. The zero-order valence-corrected chi connectivity index (χ0v) is 10.0. The van der Waals surface area contributed by atoms with Crippen LogP contribution in [0.2, 0.25) is 0 Å². The molecule has 2 aliphatic rings. The summed E-state index contributed by atoms with van der Waals surface area (Å²) < 4.78 is 0. The maximum atomic E-state index is 11.1. The quantitative estimate of drug-likeness (QED) is 0.734. The molecule has 16 heavy (non-hydrogen) atoms. The molecule has 2 nitrogen and oxygen atoms in total. The Balaban J connectivity index is 1.64. The number of rotatable bonds is 3. The van der Waals surface area contributed by atoms with Gasteiger partial charge in [0.1, 0.15) is 11.6 Å². The van der Waals surface area contributed by atoms with Crippen molar-refractivity contribution in [2.24, 2.45) is 11.8 Å². The van der Waals surface area contributed by atoms with Gasteiger partial charge in [-0.05, 0) is 37.5 Å². The minimum Gasteiger partial charge on any atom is -0.300 e. The second-order valence-electron chi connectivity index (χ2n) is 5.54. The molecule has 0 aromatic carbocycles. The molecule has 0 atom stereocenters. The molecule has 0 heterocycles. The Morgan fingerprint density at radius 1 is 0.688 bits per heavy atom. The molecule has 2 fully saturated rings. The number of carbonyl (C=O) groups excluding carboxylic acids is 2. The van der Waals surface area contributed by atoms with Crippen molar-refractivity contribution in [2.75, 3.05) is 0 Å². The summed E-state index contributed by atoms with van der Waals surface area (Å²) in [6, 6.07) is 0. The van der Waals surface area contributed by atoms with E-state index in [1.165, 1.54) is 12.8 Å². The Morgan fingerprint density at radius 3 is 1.31 bits per heavy atom. The van der Waals surface area contributed by atoms with Crippen molar-refractivity contribution >= 4 is 11.6 Å². The van der Waals surface area contributed by atoms with Gasteiger partial charge in [0.2, 0.25) is 0 Å². The molecule has 0 aliphatic heterocycles. The summed E-state index contributed by atoms with van der Waals surface area (Å²) in [6.07, 6.45) is 10.3. The lowest BCUT2D eigenvalue weighted by atomic mass is 9.80. The van der Waals surface area contributed by atoms with Crippen LogP contribution in [0.5, 0.6) is 0 Å². The molecule has 0 aromatic heterocycles. The predicted octanol–water partition coefficient (Wildman–Crippen LogP) is 3.29. The summed E-state index contributed by atoms with van der Waals surface area (Å²) in [5.41, 5.74) is 0. The number of carbonyl (C=O) groups is 2. The number of hydrogen-bond acceptors (Lipinski definition) is 2. The highest BCUT2D eigenvalue weighted by atomic mass is 16.1. The molecule has 90 valence electrons. The third-order valence-corrected chi connectivity index (χ3v) is 4.31. The van der Waals surface area contributed by atoms with Crippen LogP contribution in [0, 0.1) is 11.8 Å². The second-order valence-corrected chi connectivity index (χ2v) is 5.54. The molecular formula is C14H22O2. The van der Waals surface area contributed by atoms with E-state index in [1.807, 2.05) is 0 Å². The monoisotopic (exact) mass is 222 g/mol. The molecule has 0 spiro atoms. The maximum absolute atomic E-state index is 11.1. The van der Waals surface area contributed by atoms with Crippen molar-refractivity contribution in [3.63, 3.8) is 0 Å². The van der Waals surface area contributed by atoms with Crippen LogP contribution in [0.1, 0.15) is 64.2 Å². The fourth-order valence-electron chi connectivity index (χ4n) is 3.05. The largest absolute Gasteiger partial charge is 0.300 e. The summed E-state index contributed by atoms with van der Waals surface area (Å²) in [5, 5.41) is 0. The van der Waals surface area contributed by atoms with E-state index in [0.717, 1.165) is 63.2 Å². The highest BCUT2D eigenvalue weighted by molar-refractivity contribution is 5.79. The molecular weight excluding hydrogens is 200 g/mol. The average molecular weight is 222 g/mol. The van der Waals surface area contributed by atoms with Gasteiger partial charge in [-0.3, -0.25) is 9.59 Å². The number of ketones is 2. The number of hydrogen-bond donors (Lipinski definition) is 0. The number of Topliss-reactive ketones (excluding diaryl/α,β-unsaturated/α-hetero) is 2. The van der Waals surface area contributed by atoms with Gasteiger partial charge in [-0.1, -0.05) is 12.8 Å². The summed E-state index contributed by atoms with van der Waals surface area (Å²) in [4.78, 5) is 22.2. The smallest absolute Gasteiger partial charge is 0.132 e. The lowest BCUT2D eigenvalue weighted by Gasteiger charge is -2.25. The lowest BCUT2D eigenvalue weighted by Crippen LogP contribution is -2.17. The summed E-state index contributed by atoms with van der Waals surface area (Å²) in [6.45, 7) is 0. The van der Waals surface area contributed by atoms with Crippen LogP contribution < -0.4 is 0 Å². The molecule has 0 amide bonds. The molecule has 0 bridgehead atoms. The zero-order chi connectivity index (χ0) is 11.4. The third-order valence-electron chi connectivity index (χ3n) is 4.31. The standard InChI is InChI=1S/C14H22O2/c15-13-7-3-11(4-8-13)1-2-12-5-9-14(16)10-6-12/h11-12H,1-10H2. The zero-order valence-electron chi connectivity index (χ0n) is 10.0. The first-order valence-corrected chi connectivity index (χ1v) is 6.77. The van der Waals surface area contributed by atoms with Gasteiger partial charge in [0.05, 0.1) is 0 Å². The Morgan fingerprint density at radius 2 is 1.00 bits per heavy atom. The van der Waals surface area contributed by atoms with E-state index in [0.29, 0.717) is 11.6 Å².